The number of amides is 1. The highest BCUT2D eigenvalue weighted by Crippen LogP contribution is 2.32. The number of benzene rings is 2. The zero-order valence-corrected chi connectivity index (χ0v) is 21.8. The van der Waals surface area contributed by atoms with E-state index in [2.05, 4.69) is 22.0 Å². The topological polar surface area (TPSA) is 82.2 Å². The lowest BCUT2D eigenvalue weighted by molar-refractivity contribution is -0.122. The van der Waals surface area contributed by atoms with Gasteiger partial charge >= 0.3 is 0 Å². The number of piperidine rings is 1. The average molecular weight is 519 g/mol. The molecule has 1 amide bonds. The number of carbonyl (C=O) groups is 1. The van der Waals surface area contributed by atoms with E-state index in [-0.39, 0.29) is 10.7 Å². The minimum atomic E-state index is -3.66. The summed E-state index contributed by atoms with van der Waals surface area (Å²) >= 11 is 0. The minimum absolute atomic E-state index is 0.169. The first kappa shape index (κ1) is 26.4. The normalized spacial score (nSPS) is 18.6. The molecule has 0 spiro atoms. The number of nitrogens with one attached hydrogen (secondary N) is 1. The number of ether oxygens (including phenoxy) is 1. The molecule has 4 rings (SSSR count). The highest BCUT2D eigenvalue weighted by Gasteiger charge is 2.28. The van der Waals surface area contributed by atoms with E-state index in [1.807, 2.05) is 0 Å². The molecular weight excluding hydrogens is 483 g/mol. The van der Waals surface area contributed by atoms with Crippen LogP contribution in [0.1, 0.15) is 33.1 Å². The highest BCUT2D eigenvalue weighted by molar-refractivity contribution is 7.89. The van der Waals surface area contributed by atoms with Gasteiger partial charge < -0.3 is 19.9 Å². The zero-order chi connectivity index (χ0) is 25.7. The third kappa shape index (κ3) is 6.16. The van der Waals surface area contributed by atoms with Gasteiger partial charge in [0.15, 0.2) is 6.10 Å². The van der Waals surface area contributed by atoms with Crippen molar-refractivity contribution in [1.29, 1.82) is 0 Å². The zero-order valence-electron chi connectivity index (χ0n) is 21.0. The van der Waals surface area contributed by atoms with Crippen LogP contribution in [0.4, 0.5) is 15.8 Å². The summed E-state index contributed by atoms with van der Waals surface area (Å²) in [6.45, 7) is 9.05. The lowest BCUT2D eigenvalue weighted by Crippen LogP contribution is -2.46. The Morgan fingerprint density at radius 1 is 1.00 bits per heavy atom. The molecule has 2 fully saturated rings. The molecule has 0 aliphatic carbocycles. The van der Waals surface area contributed by atoms with Crippen molar-refractivity contribution in [2.24, 2.45) is 0 Å². The van der Waals surface area contributed by atoms with Crippen LogP contribution in [0.3, 0.4) is 0 Å². The first-order valence-electron chi connectivity index (χ1n) is 12.6. The molecule has 1 atom stereocenters. The molecule has 2 heterocycles. The number of halogens is 1. The second kappa shape index (κ2) is 11.6. The summed E-state index contributed by atoms with van der Waals surface area (Å²) < 4.78 is 47.1. The third-order valence-corrected chi connectivity index (χ3v) is 8.73. The Balaban J connectivity index is 1.58. The van der Waals surface area contributed by atoms with Crippen LogP contribution >= 0.6 is 0 Å². The van der Waals surface area contributed by atoms with Gasteiger partial charge in [-0.15, -0.1) is 0 Å². The molecule has 2 saturated heterocycles. The van der Waals surface area contributed by atoms with E-state index in [4.69, 9.17) is 4.74 Å². The number of rotatable bonds is 8. The third-order valence-electron chi connectivity index (χ3n) is 6.83. The molecule has 0 unspecified atom stereocenters. The monoisotopic (exact) mass is 518 g/mol. The van der Waals surface area contributed by atoms with Gasteiger partial charge in [0.1, 0.15) is 11.6 Å². The van der Waals surface area contributed by atoms with Gasteiger partial charge in [0, 0.05) is 39.3 Å². The van der Waals surface area contributed by atoms with Crippen LogP contribution in [0.2, 0.25) is 0 Å². The van der Waals surface area contributed by atoms with Gasteiger partial charge in [-0.2, -0.15) is 4.31 Å². The molecule has 36 heavy (non-hydrogen) atoms. The van der Waals surface area contributed by atoms with Gasteiger partial charge in [-0.1, -0.05) is 13.3 Å². The van der Waals surface area contributed by atoms with Crippen LogP contribution < -0.4 is 15.0 Å². The predicted octanol–water partition coefficient (Wildman–Crippen LogP) is 3.55. The van der Waals surface area contributed by atoms with Crippen molar-refractivity contribution >= 4 is 27.3 Å². The van der Waals surface area contributed by atoms with E-state index in [9.17, 15) is 17.6 Å². The number of anilines is 2. The first-order valence-corrected chi connectivity index (χ1v) is 14.1. The molecule has 0 aromatic heterocycles. The summed E-state index contributed by atoms with van der Waals surface area (Å²) in [5.74, 6) is -0.435. The first-order chi connectivity index (χ1) is 17.3. The summed E-state index contributed by atoms with van der Waals surface area (Å²) in [7, 11) is -3.66. The minimum Gasteiger partial charge on any atom is -0.481 e. The summed E-state index contributed by atoms with van der Waals surface area (Å²) in [6, 6.07) is 10.5. The number of hydrogen-bond donors (Lipinski definition) is 1. The Bertz CT molecular complexity index is 1150. The molecule has 0 saturated carbocycles. The molecule has 2 aromatic carbocycles. The van der Waals surface area contributed by atoms with Gasteiger partial charge in [-0.25, -0.2) is 12.8 Å². The SMILES string of the molecule is CCN1CCN(c2ccc(S(=O)(=O)N3CCCCC3)cc2NC(=O)[C@@H](C)Oc2ccc(F)cc2)CC1. The van der Waals surface area contributed by atoms with Crippen LogP contribution in [0.25, 0.3) is 0 Å². The number of carbonyl (C=O) groups excluding carboxylic acids is 1. The molecule has 0 radical (unpaired) electrons. The quantitative estimate of drug-likeness (QED) is 0.576. The Morgan fingerprint density at radius 2 is 1.67 bits per heavy atom. The smallest absolute Gasteiger partial charge is 0.265 e. The molecule has 10 heteroatoms. The second-order valence-corrected chi connectivity index (χ2v) is 11.2. The Hall–Kier alpha value is -2.69. The average Bonchev–Trinajstić information content (AvgIpc) is 2.90. The number of hydrogen-bond acceptors (Lipinski definition) is 6. The summed E-state index contributed by atoms with van der Waals surface area (Å²) in [5.41, 5.74) is 1.23. The molecule has 196 valence electrons. The van der Waals surface area contributed by atoms with Gasteiger partial charge in [0.2, 0.25) is 10.0 Å². The number of piperazine rings is 1. The van der Waals surface area contributed by atoms with Gasteiger partial charge in [-0.3, -0.25) is 4.79 Å². The highest BCUT2D eigenvalue weighted by atomic mass is 32.2. The van der Waals surface area contributed by atoms with Gasteiger partial charge in [-0.05, 0) is 68.8 Å². The molecule has 2 aliphatic rings. The van der Waals surface area contributed by atoms with Gasteiger partial charge in [0.25, 0.3) is 5.91 Å². The van der Waals surface area contributed by atoms with Crippen LogP contribution in [-0.2, 0) is 14.8 Å². The summed E-state index contributed by atoms with van der Waals surface area (Å²) in [4.78, 5) is 17.8. The largest absolute Gasteiger partial charge is 0.481 e. The van der Waals surface area contributed by atoms with Crippen molar-refractivity contribution in [2.45, 2.75) is 44.1 Å². The molecule has 2 aliphatic heterocycles. The van der Waals surface area contributed by atoms with E-state index < -0.39 is 22.0 Å². The van der Waals surface area contributed by atoms with E-state index in [1.165, 1.54) is 28.6 Å². The van der Waals surface area contributed by atoms with E-state index in [0.717, 1.165) is 57.7 Å². The van der Waals surface area contributed by atoms with Crippen molar-refractivity contribution in [3.05, 3.63) is 48.3 Å². The van der Waals surface area contributed by atoms with E-state index >= 15 is 0 Å². The van der Waals surface area contributed by atoms with Crippen molar-refractivity contribution < 1.29 is 22.3 Å². The molecule has 0 bridgehead atoms. The van der Waals surface area contributed by atoms with Crippen LogP contribution in [0, 0.1) is 5.82 Å². The maximum Gasteiger partial charge on any atom is 0.265 e. The van der Waals surface area contributed by atoms with Crippen LogP contribution in [0.15, 0.2) is 47.4 Å². The molecule has 2 aromatic rings. The molecule has 1 N–H and O–H groups in total. The number of likely N-dealkylation sites (N-methyl/N-ethyl adjacent to an activating group) is 1. The Kier molecular flexibility index (Phi) is 8.48. The van der Waals surface area contributed by atoms with Crippen molar-refractivity contribution in [3.8, 4) is 5.75 Å². The fourth-order valence-corrected chi connectivity index (χ4v) is 6.16. The maximum absolute atomic E-state index is 13.3. The lowest BCUT2D eigenvalue weighted by atomic mass is 10.2. The summed E-state index contributed by atoms with van der Waals surface area (Å²) in [5, 5.41) is 2.90. The van der Waals surface area contributed by atoms with Crippen molar-refractivity contribution in [1.82, 2.24) is 9.21 Å². The van der Waals surface area contributed by atoms with Crippen molar-refractivity contribution in [3.63, 3.8) is 0 Å². The fourth-order valence-electron chi connectivity index (χ4n) is 4.62. The van der Waals surface area contributed by atoms with Crippen LogP contribution in [0.5, 0.6) is 5.75 Å². The van der Waals surface area contributed by atoms with Gasteiger partial charge in [0.05, 0.1) is 16.3 Å². The van der Waals surface area contributed by atoms with Crippen LogP contribution in [-0.4, -0.2) is 75.4 Å². The fraction of sp³-hybridized carbons (Fsp3) is 0.500. The number of sulfonamides is 1. The second-order valence-electron chi connectivity index (χ2n) is 9.27. The van der Waals surface area contributed by atoms with E-state index in [1.54, 1.807) is 25.1 Å². The predicted molar refractivity (Wildman–Crippen MR) is 138 cm³/mol. The number of nitrogens with zero attached hydrogens (tertiary/aromatic N) is 3. The maximum atomic E-state index is 13.3. The lowest BCUT2D eigenvalue weighted by Gasteiger charge is -2.36. The molecule has 8 nitrogen and oxygen atoms in total. The summed E-state index contributed by atoms with van der Waals surface area (Å²) in [6.07, 6.45) is 1.85. The molecular formula is C26H35FN4O4S. The van der Waals surface area contributed by atoms with Crippen molar-refractivity contribution in [2.75, 3.05) is 56.0 Å². The Labute approximate surface area is 213 Å². The van der Waals surface area contributed by atoms with E-state index in [0.29, 0.717) is 24.5 Å². The standard InChI is InChI=1S/C26H35FN4O4S/c1-3-29-15-17-30(18-16-29)25-12-11-23(36(33,34)31-13-5-4-6-14-31)19-24(25)28-26(32)20(2)35-22-9-7-21(27)8-10-22/h7-12,19-20H,3-6,13-18H2,1-2H3,(H,28,32)/t20-/m1/s1. The Morgan fingerprint density at radius 3 is 2.31 bits per heavy atom.